The molecular weight excluding hydrogens is 322 g/mol. The van der Waals surface area contributed by atoms with Crippen molar-refractivity contribution in [3.63, 3.8) is 0 Å². The summed E-state index contributed by atoms with van der Waals surface area (Å²) in [5.41, 5.74) is 2.36. The molecule has 130 valence electrons. The van der Waals surface area contributed by atoms with Crippen LogP contribution in [0.4, 0.5) is 11.4 Å². The van der Waals surface area contributed by atoms with E-state index < -0.39 is 6.04 Å². The Morgan fingerprint density at radius 2 is 2.08 bits per heavy atom. The number of amides is 3. The Labute approximate surface area is 144 Å². The summed E-state index contributed by atoms with van der Waals surface area (Å²) in [5, 5.41) is 12.2. The van der Waals surface area contributed by atoms with Gasteiger partial charge in [-0.05, 0) is 25.5 Å². The monoisotopic (exact) mass is 341 g/mol. The maximum absolute atomic E-state index is 12.3. The van der Waals surface area contributed by atoms with Gasteiger partial charge in [-0.2, -0.15) is 5.10 Å². The zero-order chi connectivity index (χ0) is 18.0. The van der Waals surface area contributed by atoms with E-state index in [9.17, 15) is 14.4 Å². The van der Waals surface area contributed by atoms with Gasteiger partial charge in [0.25, 0.3) is 5.91 Å². The first-order chi connectivity index (χ1) is 12.0. The van der Waals surface area contributed by atoms with Crippen molar-refractivity contribution in [2.75, 3.05) is 10.6 Å². The second-order valence-corrected chi connectivity index (χ2v) is 5.91. The topological polar surface area (TPSA) is 105 Å². The van der Waals surface area contributed by atoms with Gasteiger partial charge in [0, 0.05) is 13.5 Å². The van der Waals surface area contributed by atoms with E-state index in [0.29, 0.717) is 16.9 Å². The summed E-state index contributed by atoms with van der Waals surface area (Å²) in [6.07, 6.45) is 1.88. The van der Waals surface area contributed by atoms with Crippen molar-refractivity contribution in [1.82, 2.24) is 15.1 Å². The van der Waals surface area contributed by atoms with E-state index in [1.165, 1.54) is 0 Å². The molecule has 1 atom stereocenters. The van der Waals surface area contributed by atoms with E-state index >= 15 is 0 Å². The highest BCUT2D eigenvalue weighted by Crippen LogP contribution is 2.19. The molecule has 3 N–H and O–H groups in total. The number of aromatic nitrogens is 2. The van der Waals surface area contributed by atoms with Crippen molar-refractivity contribution in [3.8, 4) is 0 Å². The molecule has 0 saturated heterocycles. The Kier molecular flexibility index (Phi) is 4.51. The minimum Gasteiger partial charge on any atom is -0.340 e. The molecule has 2 aromatic rings. The van der Waals surface area contributed by atoms with Gasteiger partial charge in [0.05, 0.1) is 28.8 Å². The highest BCUT2D eigenvalue weighted by atomic mass is 16.2. The fraction of sp³-hybridized carbons (Fsp3) is 0.294. The summed E-state index contributed by atoms with van der Waals surface area (Å²) in [5.74, 6) is -0.897. The molecule has 8 heteroatoms. The SMILES string of the molecule is Cc1c(NC(=O)CC[C@@H]2NC(=O)c3ccccc3NC2=O)cnn1C. The standard InChI is InChI=1S/C17H19N5O3/c1-10-14(9-18-22(10)2)19-15(23)8-7-13-17(25)20-12-6-4-3-5-11(12)16(24)21-13/h3-6,9,13H,7-8H2,1-2H3,(H,19,23)(H,20,25)(H,21,24)/t13-/m0/s1. The summed E-state index contributed by atoms with van der Waals surface area (Å²) >= 11 is 0. The third-order valence-electron chi connectivity index (χ3n) is 4.22. The van der Waals surface area contributed by atoms with Gasteiger partial charge in [-0.25, -0.2) is 0 Å². The number of nitrogens with zero attached hydrogens (tertiary/aromatic N) is 2. The normalized spacial score (nSPS) is 16.5. The first-order valence-electron chi connectivity index (χ1n) is 7.95. The number of rotatable bonds is 4. The predicted molar refractivity (Wildman–Crippen MR) is 92.1 cm³/mol. The van der Waals surface area contributed by atoms with Gasteiger partial charge >= 0.3 is 0 Å². The van der Waals surface area contributed by atoms with Gasteiger partial charge in [0.2, 0.25) is 11.8 Å². The highest BCUT2D eigenvalue weighted by Gasteiger charge is 2.27. The van der Waals surface area contributed by atoms with Gasteiger partial charge in [-0.15, -0.1) is 0 Å². The van der Waals surface area contributed by atoms with Crippen molar-refractivity contribution in [1.29, 1.82) is 0 Å². The number of fused-ring (bicyclic) bond motifs is 1. The number of carbonyl (C=O) groups is 3. The first-order valence-corrected chi connectivity index (χ1v) is 7.95. The zero-order valence-corrected chi connectivity index (χ0v) is 14.0. The van der Waals surface area contributed by atoms with E-state index in [4.69, 9.17) is 0 Å². The number of hydrogen-bond donors (Lipinski definition) is 3. The molecule has 2 heterocycles. The minimum atomic E-state index is -0.763. The fourth-order valence-corrected chi connectivity index (χ4v) is 2.62. The summed E-state index contributed by atoms with van der Waals surface area (Å²) in [6, 6.07) is 6.03. The number of carbonyl (C=O) groups excluding carboxylic acids is 3. The van der Waals surface area contributed by atoms with Gasteiger partial charge in [0.1, 0.15) is 6.04 Å². The lowest BCUT2D eigenvalue weighted by Gasteiger charge is -2.14. The number of anilines is 2. The van der Waals surface area contributed by atoms with E-state index in [0.717, 1.165) is 5.69 Å². The highest BCUT2D eigenvalue weighted by molar-refractivity contribution is 6.09. The van der Waals surface area contributed by atoms with Crippen LogP contribution in [-0.2, 0) is 16.6 Å². The quantitative estimate of drug-likeness (QED) is 0.777. The second-order valence-electron chi connectivity index (χ2n) is 5.91. The van der Waals surface area contributed by atoms with Gasteiger partial charge in [-0.1, -0.05) is 12.1 Å². The Morgan fingerprint density at radius 1 is 1.32 bits per heavy atom. The Bertz CT molecular complexity index is 843. The molecule has 1 aliphatic rings. The zero-order valence-electron chi connectivity index (χ0n) is 14.0. The van der Waals surface area contributed by atoms with Crippen molar-refractivity contribution in [2.24, 2.45) is 7.05 Å². The minimum absolute atomic E-state index is 0.100. The first kappa shape index (κ1) is 16.7. The van der Waals surface area contributed by atoms with Gasteiger partial charge < -0.3 is 16.0 Å². The van der Waals surface area contributed by atoms with Gasteiger partial charge in [0.15, 0.2) is 0 Å². The molecule has 3 amide bonds. The van der Waals surface area contributed by atoms with E-state index in [1.54, 1.807) is 42.2 Å². The third kappa shape index (κ3) is 3.52. The summed E-state index contributed by atoms with van der Waals surface area (Å²) in [4.78, 5) is 36.6. The maximum atomic E-state index is 12.3. The molecule has 1 aromatic heterocycles. The molecule has 0 bridgehead atoms. The van der Waals surface area contributed by atoms with Crippen LogP contribution in [-0.4, -0.2) is 33.5 Å². The van der Waals surface area contributed by atoms with Crippen LogP contribution in [0.2, 0.25) is 0 Å². The van der Waals surface area contributed by atoms with E-state index in [1.807, 2.05) is 6.92 Å². The lowest BCUT2D eigenvalue weighted by atomic mass is 10.1. The number of para-hydroxylation sites is 1. The molecule has 1 aliphatic heterocycles. The molecule has 0 fully saturated rings. The van der Waals surface area contributed by atoms with Crippen LogP contribution in [0.25, 0.3) is 0 Å². The molecule has 0 radical (unpaired) electrons. The molecular formula is C17H19N5O3. The molecule has 0 aliphatic carbocycles. The van der Waals surface area contributed by atoms with Crippen LogP contribution in [0.1, 0.15) is 28.9 Å². The van der Waals surface area contributed by atoms with Crippen LogP contribution in [0.15, 0.2) is 30.5 Å². The Morgan fingerprint density at radius 3 is 2.80 bits per heavy atom. The third-order valence-corrected chi connectivity index (χ3v) is 4.22. The van der Waals surface area contributed by atoms with Crippen LogP contribution in [0.3, 0.4) is 0 Å². The van der Waals surface area contributed by atoms with Crippen LogP contribution in [0.5, 0.6) is 0 Å². The number of nitrogens with one attached hydrogen (secondary N) is 3. The number of aryl methyl sites for hydroxylation is 1. The smallest absolute Gasteiger partial charge is 0.254 e. The Hall–Kier alpha value is -3.16. The average molecular weight is 341 g/mol. The lowest BCUT2D eigenvalue weighted by Crippen LogP contribution is -2.41. The molecule has 0 spiro atoms. The van der Waals surface area contributed by atoms with Crippen molar-refractivity contribution in [2.45, 2.75) is 25.8 Å². The molecule has 3 rings (SSSR count). The van der Waals surface area contributed by atoms with Crippen molar-refractivity contribution >= 4 is 29.1 Å². The van der Waals surface area contributed by atoms with E-state index in [-0.39, 0.29) is 30.6 Å². The molecule has 1 aromatic carbocycles. The fourth-order valence-electron chi connectivity index (χ4n) is 2.62. The second kappa shape index (κ2) is 6.76. The molecule has 25 heavy (non-hydrogen) atoms. The summed E-state index contributed by atoms with van der Waals surface area (Å²) in [6.45, 7) is 1.85. The number of hydrogen-bond acceptors (Lipinski definition) is 4. The van der Waals surface area contributed by atoms with Gasteiger partial charge in [-0.3, -0.25) is 19.1 Å². The van der Waals surface area contributed by atoms with Crippen LogP contribution < -0.4 is 16.0 Å². The molecule has 0 saturated carbocycles. The largest absolute Gasteiger partial charge is 0.340 e. The molecule has 0 unspecified atom stereocenters. The summed E-state index contributed by atoms with van der Waals surface area (Å²) < 4.78 is 1.66. The van der Waals surface area contributed by atoms with Crippen molar-refractivity contribution < 1.29 is 14.4 Å². The maximum Gasteiger partial charge on any atom is 0.254 e. The lowest BCUT2D eigenvalue weighted by molar-refractivity contribution is -0.118. The predicted octanol–water partition coefficient (Wildman–Crippen LogP) is 1.20. The molecule has 8 nitrogen and oxygen atoms in total. The van der Waals surface area contributed by atoms with Crippen LogP contribution >= 0.6 is 0 Å². The van der Waals surface area contributed by atoms with E-state index in [2.05, 4.69) is 21.0 Å². The Balaban J connectivity index is 1.62. The van der Waals surface area contributed by atoms with Crippen LogP contribution in [0, 0.1) is 6.92 Å². The van der Waals surface area contributed by atoms with Crippen molar-refractivity contribution in [3.05, 3.63) is 41.7 Å². The summed E-state index contributed by atoms with van der Waals surface area (Å²) in [7, 11) is 1.79. The average Bonchev–Trinajstić information content (AvgIpc) is 2.83. The number of benzene rings is 1.